The summed E-state index contributed by atoms with van der Waals surface area (Å²) in [5, 5.41) is 3.73. The molecule has 0 aliphatic carbocycles. The van der Waals surface area contributed by atoms with Gasteiger partial charge in [-0.25, -0.2) is 8.42 Å². The Morgan fingerprint density at radius 2 is 1.43 bits per heavy atom. The minimum Gasteiger partial charge on any atom is -0.495 e. The van der Waals surface area contributed by atoms with Gasteiger partial charge >= 0.3 is 0 Å². The first-order valence-corrected chi connectivity index (χ1v) is 18.6. The Bertz CT molecular complexity index is 1930. The van der Waals surface area contributed by atoms with Crippen LogP contribution < -0.4 is 23.8 Å². The fourth-order valence-electron chi connectivity index (χ4n) is 5.32. The number of nitrogens with zero attached hydrogens (tertiary/aromatic N) is 2. The summed E-state index contributed by atoms with van der Waals surface area (Å²) in [6, 6.07) is 21.3. The van der Waals surface area contributed by atoms with Gasteiger partial charge in [-0.2, -0.15) is 0 Å². The third-order valence-corrected chi connectivity index (χ3v) is 11.0. The molecule has 4 aromatic rings. The van der Waals surface area contributed by atoms with Gasteiger partial charge in [-0.15, -0.1) is 0 Å². The van der Waals surface area contributed by atoms with E-state index in [-0.39, 0.29) is 56.2 Å². The largest absolute Gasteiger partial charge is 0.495 e. The highest BCUT2D eigenvalue weighted by molar-refractivity contribution is 7.92. The van der Waals surface area contributed by atoms with E-state index in [2.05, 4.69) is 5.32 Å². The van der Waals surface area contributed by atoms with Crippen LogP contribution in [0.2, 0.25) is 15.1 Å². The number of benzene rings is 4. The van der Waals surface area contributed by atoms with Gasteiger partial charge in [0, 0.05) is 45.7 Å². The third-order valence-electron chi connectivity index (χ3n) is 8.29. The molecule has 10 nitrogen and oxygen atoms in total. The SMILES string of the molecule is CC[C@@H](C)NC(=O)[C@H](Cc1ccccc1)N(Cc1c(Cl)cccc1Cl)C(=O)CN(c1cc(Cl)ccc1OC)S(=O)(=O)c1ccc(OC)c(OC)c1. The zero-order valence-corrected chi connectivity index (χ0v) is 31.9. The number of sulfonamides is 1. The van der Waals surface area contributed by atoms with Crippen molar-refractivity contribution in [3.05, 3.63) is 111 Å². The van der Waals surface area contributed by atoms with Crippen molar-refractivity contribution in [1.82, 2.24) is 10.2 Å². The average Bonchev–Trinajstić information content (AvgIpc) is 3.12. The number of hydrogen-bond donors (Lipinski definition) is 1. The molecule has 272 valence electrons. The summed E-state index contributed by atoms with van der Waals surface area (Å²) < 4.78 is 46.4. The Labute approximate surface area is 314 Å². The molecule has 0 unspecified atom stereocenters. The van der Waals surface area contributed by atoms with Crippen LogP contribution in [0.3, 0.4) is 0 Å². The molecule has 0 fully saturated rings. The molecule has 0 saturated heterocycles. The van der Waals surface area contributed by atoms with E-state index in [1.807, 2.05) is 44.2 Å². The molecule has 4 rings (SSSR count). The van der Waals surface area contributed by atoms with Crippen molar-refractivity contribution < 1.29 is 32.2 Å². The van der Waals surface area contributed by atoms with Gasteiger partial charge in [0.1, 0.15) is 18.3 Å². The number of carbonyl (C=O) groups is 2. The van der Waals surface area contributed by atoms with Gasteiger partial charge in [0.2, 0.25) is 11.8 Å². The maximum atomic E-state index is 14.9. The van der Waals surface area contributed by atoms with Crippen LogP contribution in [0.5, 0.6) is 17.2 Å². The number of methoxy groups -OCH3 is 3. The highest BCUT2D eigenvalue weighted by atomic mass is 35.5. The molecular weight excluding hydrogens is 737 g/mol. The number of nitrogens with one attached hydrogen (secondary N) is 1. The van der Waals surface area contributed by atoms with Crippen LogP contribution in [0.4, 0.5) is 5.69 Å². The predicted octanol–water partition coefficient (Wildman–Crippen LogP) is 7.42. The number of anilines is 1. The molecule has 0 aromatic heterocycles. The first kappa shape index (κ1) is 39.6. The van der Waals surface area contributed by atoms with Crippen molar-refractivity contribution >= 4 is 62.3 Å². The lowest BCUT2D eigenvalue weighted by molar-refractivity contribution is -0.140. The Morgan fingerprint density at radius 3 is 2.04 bits per heavy atom. The van der Waals surface area contributed by atoms with Crippen molar-refractivity contribution in [3.8, 4) is 17.2 Å². The van der Waals surface area contributed by atoms with Crippen molar-refractivity contribution in [3.63, 3.8) is 0 Å². The molecule has 0 aliphatic heterocycles. The van der Waals surface area contributed by atoms with Crippen LogP contribution >= 0.6 is 34.8 Å². The predicted molar refractivity (Wildman–Crippen MR) is 201 cm³/mol. The number of carbonyl (C=O) groups excluding carboxylic acids is 2. The fraction of sp³-hybridized carbons (Fsp3) is 0.297. The van der Waals surface area contributed by atoms with Crippen molar-refractivity contribution in [2.45, 2.75) is 50.2 Å². The van der Waals surface area contributed by atoms with Crippen LogP contribution in [0, 0.1) is 0 Å². The quantitative estimate of drug-likeness (QED) is 0.126. The fourth-order valence-corrected chi connectivity index (χ4v) is 7.44. The second-order valence-corrected chi connectivity index (χ2v) is 14.7. The summed E-state index contributed by atoms with van der Waals surface area (Å²) in [5.74, 6) is -0.565. The topological polar surface area (TPSA) is 114 Å². The van der Waals surface area contributed by atoms with Gasteiger partial charge in [-0.3, -0.25) is 13.9 Å². The van der Waals surface area contributed by atoms with Gasteiger partial charge < -0.3 is 24.4 Å². The number of amides is 2. The summed E-state index contributed by atoms with van der Waals surface area (Å²) in [7, 11) is -0.369. The standard InChI is InChI=1S/C37H40Cl3N3O7S/c1-6-24(2)41-37(45)32(19-25-11-8-7-9-12-25)42(22-28-29(39)13-10-14-30(28)40)36(44)23-43(31-20-26(38)15-17-33(31)48-3)51(46,47)27-16-18-34(49-4)35(21-27)50-5/h7-18,20-21,24,32H,6,19,22-23H2,1-5H3,(H,41,45)/t24-,32+/m1/s1. The molecule has 14 heteroatoms. The summed E-state index contributed by atoms with van der Waals surface area (Å²) in [6.07, 6.45) is 0.750. The molecule has 2 amide bonds. The highest BCUT2D eigenvalue weighted by Gasteiger charge is 2.37. The maximum Gasteiger partial charge on any atom is 0.265 e. The lowest BCUT2D eigenvalue weighted by Crippen LogP contribution is -2.54. The highest BCUT2D eigenvalue weighted by Crippen LogP contribution is 2.37. The van der Waals surface area contributed by atoms with E-state index in [1.165, 1.54) is 62.6 Å². The van der Waals surface area contributed by atoms with Gasteiger partial charge in [-0.1, -0.05) is 78.1 Å². The molecule has 1 N–H and O–H groups in total. The zero-order valence-electron chi connectivity index (χ0n) is 28.9. The lowest BCUT2D eigenvalue weighted by atomic mass is 10.0. The van der Waals surface area contributed by atoms with E-state index in [1.54, 1.807) is 18.2 Å². The van der Waals surface area contributed by atoms with E-state index in [0.717, 1.165) is 9.87 Å². The van der Waals surface area contributed by atoms with Crippen LogP contribution in [-0.4, -0.2) is 65.1 Å². The van der Waals surface area contributed by atoms with E-state index in [4.69, 9.17) is 49.0 Å². The molecule has 51 heavy (non-hydrogen) atoms. The molecule has 4 aromatic carbocycles. The lowest BCUT2D eigenvalue weighted by Gasteiger charge is -2.35. The summed E-state index contributed by atoms with van der Waals surface area (Å²) in [5.41, 5.74) is 1.15. The molecule has 0 spiro atoms. The van der Waals surface area contributed by atoms with Crippen molar-refractivity contribution in [2.24, 2.45) is 0 Å². The summed E-state index contributed by atoms with van der Waals surface area (Å²) >= 11 is 19.6. The maximum absolute atomic E-state index is 14.9. The second kappa shape index (κ2) is 17.9. The number of hydrogen-bond acceptors (Lipinski definition) is 7. The van der Waals surface area contributed by atoms with Crippen molar-refractivity contribution in [1.29, 1.82) is 0 Å². The first-order chi connectivity index (χ1) is 24.3. The normalized spacial score (nSPS) is 12.4. The first-order valence-electron chi connectivity index (χ1n) is 16.0. The molecule has 2 atom stereocenters. The zero-order chi connectivity index (χ0) is 37.3. The summed E-state index contributed by atoms with van der Waals surface area (Å²) in [4.78, 5) is 30.1. The Balaban J connectivity index is 1.92. The summed E-state index contributed by atoms with van der Waals surface area (Å²) in [6.45, 7) is 2.81. The minimum absolute atomic E-state index is 0.00692. The molecular formula is C37H40Cl3N3O7S. The van der Waals surface area contributed by atoms with Gasteiger partial charge in [0.15, 0.2) is 11.5 Å². The number of halogens is 3. The van der Waals surface area contributed by atoms with Crippen LogP contribution in [0.15, 0.2) is 89.8 Å². The monoisotopic (exact) mass is 775 g/mol. The van der Waals surface area contributed by atoms with E-state index in [0.29, 0.717) is 17.7 Å². The molecule has 0 heterocycles. The molecule has 0 aliphatic rings. The van der Waals surface area contributed by atoms with Crippen molar-refractivity contribution in [2.75, 3.05) is 32.2 Å². The smallest absolute Gasteiger partial charge is 0.265 e. The Kier molecular flexibility index (Phi) is 13.9. The third kappa shape index (κ3) is 9.59. The average molecular weight is 777 g/mol. The van der Waals surface area contributed by atoms with Crippen LogP contribution in [0.1, 0.15) is 31.4 Å². The number of rotatable bonds is 16. The Morgan fingerprint density at radius 1 is 0.804 bits per heavy atom. The van der Waals surface area contributed by atoms with E-state index in [9.17, 15) is 18.0 Å². The number of ether oxygens (including phenoxy) is 3. The van der Waals surface area contributed by atoms with E-state index >= 15 is 0 Å². The van der Waals surface area contributed by atoms with Gasteiger partial charge in [0.05, 0.1) is 31.9 Å². The molecule has 0 bridgehead atoms. The molecule has 0 saturated carbocycles. The Hall–Kier alpha value is -4.16. The van der Waals surface area contributed by atoms with Gasteiger partial charge in [-0.05, 0) is 61.4 Å². The van der Waals surface area contributed by atoms with Crippen LogP contribution in [0.25, 0.3) is 0 Å². The van der Waals surface area contributed by atoms with E-state index < -0.39 is 34.4 Å². The van der Waals surface area contributed by atoms with Gasteiger partial charge in [0.25, 0.3) is 10.0 Å². The minimum atomic E-state index is -4.55. The van der Waals surface area contributed by atoms with Crippen LogP contribution in [-0.2, 0) is 32.6 Å². The molecule has 0 radical (unpaired) electrons. The second-order valence-electron chi connectivity index (χ2n) is 11.6.